The van der Waals surface area contributed by atoms with Crippen molar-refractivity contribution >= 4 is 34.7 Å². The van der Waals surface area contributed by atoms with Crippen LogP contribution in [0.15, 0.2) is 24.5 Å². The third kappa shape index (κ3) is 5.94. The number of carbonyl (C=O) groups is 2. The van der Waals surface area contributed by atoms with E-state index in [-0.39, 0.29) is 6.04 Å². The molecular weight excluding hydrogens is 472 g/mol. The Balaban J connectivity index is 1.66. The van der Waals surface area contributed by atoms with Crippen LogP contribution in [0.4, 0.5) is 11.5 Å². The van der Waals surface area contributed by atoms with Crippen LogP contribution in [0, 0.1) is 11.3 Å². The number of piperazine rings is 1. The molecule has 0 saturated carbocycles. The smallest absolute Gasteiger partial charge is 0.260 e. The summed E-state index contributed by atoms with van der Waals surface area (Å²) >= 11 is 0. The molecule has 0 aliphatic carbocycles. The molecule has 1 amide bonds. The number of anilines is 2. The minimum absolute atomic E-state index is 0.0737. The maximum absolute atomic E-state index is 13.4. The third-order valence-corrected chi connectivity index (χ3v) is 6.32. The molecule has 0 aromatic carbocycles. The van der Waals surface area contributed by atoms with E-state index in [4.69, 9.17) is 4.74 Å². The van der Waals surface area contributed by atoms with Crippen LogP contribution in [0.1, 0.15) is 51.9 Å². The number of amides is 1. The van der Waals surface area contributed by atoms with Crippen LogP contribution in [-0.2, 0) is 11.3 Å². The highest BCUT2D eigenvalue weighted by Crippen LogP contribution is 2.27. The standard InChI is InChI=1S/C26H32N8O3/c1-17(2)34-15-20(26(36)32-24-11-21(29-6-9-37-3)19(12-27)13-30-24)25-23(34)10-18(22(16-35)31-25)14-33-7-4-28-5-8-33/h10-11,13,15-17,28H,4-9,14H2,1-3H3,(H2,29,30,32,36). The van der Waals surface area contributed by atoms with Crippen molar-refractivity contribution in [2.75, 3.05) is 57.1 Å². The predicted molar refractivity (Wildman–Crippen MR) is 141 cm³/mol. The Labute approximate surface area is 215 Å². The summed E-state index contributed by atoms with van der Waals surface area (Å²) in [5, 5.41) is 18.6. The van der Waals surface area contributed by atoms with Gasteiger partial charge in [0.25, 0.3) is 5.91 Å². The van der Waals surface area contributed by atoms with Crippen LogP contribution in [-0.4, -0.2) is 78.1 Å². The highest BCUT2D eigenvalue weighted by atomic mass is 16.5. The Bertz CT molecular complexity index is 1320. The van der Waals surface area contributed by atoms with Crippen molar-refractivity contribution in [2.45, 2.75) is 26.4 Å². The van der Waals surface area contributed by atoms with E-state index in [1.165, 1.54) is 6.20 Å². The zero-order valence-corrected chi connectivity index (χ0v) is 21.4. The normalized spacial score (nSPS) is 14.0. The Kier molecular flexibility index (Phi) is 8.45. The fourth-order valence-electron chi connectivity index (χ4n) is 4.38. The molecule has 37 heavy (non-hydrogen) atoms. The van der Waals surface area contributed by atoms with Crippen LogP contribution < -0.4 is 16.0 Å². The van der Waals surface area contributed by atoms with Gasteiger partial charge in [0.05, 0.1) is 28.9 Å². The van der Waals surface area contributed by atoms with Gasteiger partial charge in [0.2, 0.25) is 0 Å². The number of ether oxygens (including phenoxy) is 1. The molecule has 0 radical (unpaired) electrons. The monoisotopic (exact) mass is 504 g/mol. The SMILES string of the molecule is COCCNc1cc(NC(=O)c2cn(C(C)C)c3cc(CN4CCNCC4)c(C=O)nc23)ncc1C#N. The third-order valence-electron chi connectivity index (χ3n) is 6.32. The molecule has 4 rings (SSSR count). The number of hydrogen-bond donors (Lipinski definition) is 3. The van der Waals surface area contributed by atoms with Gasteiger partial charge in [0.15, 0.2) is 6.29 Å². The van der Waals surface area contributed by atoms with Crippen molar-refractivity contribution in [3.8, 4) is 6.07 Å². The minimum atomic E-state index is -0.399. The summed E-state index contributed by atoms with van der Waals surface area (Å²) in [5.74, 6) is -0.107. The minimum Gasteiger partial charge on any atom is -0.383 e. The molecule has 3 N–H and O–H groups in total. The average Bonchev–Trinajstić information content (AvgIpc) is 3.28. The van der Waals surface area contributed by atoms with Gasteiger partial charge in [-0.1, -0.05) is 0 Å². The van der Waals surface area contributed by atoms with Crippen molar-refractivity contribution in [3.05, 3.63) is 46.9 Å². The predicted octanol–water partition coefficient (Wildman–Crippen LogP) is 2.41. The molecule has 1 fully saturated rings. The van der Waals surface area contributed by atoms with E-state index in [1.807, 2.05) is 24.5 Å². The number of rotatable bonds is 10. The van der Waals surface area contributed by atoms with E-state index in [1.54, 1.807) is 19.4 Å². The van der Waals surface area contributed by atoms with Gasteiger partial charge < -0.3 is 25.3 Å². The van der Waals surface area contributed by atoms with Crippen molar-refractivity contribution < 1.29 is 14.3 Å². The van der Waals surface area contributed by atoms with Gasteiger partial charge in [-0.2, -0.15) is 5.26 Å². The summed E-state index contributed by atoms with van der Waals surface area (Å²) in [6.07, 6.45) is 3.93. The topological polar surface area (TPSA) is 137 Å². The summed E-state index contributed by atoms with van der Waals surface area (Å²) < 4.78 is 7.05. The van der Waals surface area contributed by atoms with E-state index >= 15 is 0 Å². The fraction of sp³-hybridized carbons (Fsp3) is 0.423. The second kappa shape index (κ2) is 11.9. The second-order valence-electron chi connectivity index (χ2n) is 9.19. The molecule has 1 aliphatic heterocycles. The van der Waals surface area contributed by atoms with Crippen LogP contribution in [0.3, 0.4) is 0 Å². The van der Waals surface area contributed by atoms with Crippen molar-refractivity contribution in [1.29, 1.82) is 5.26 Å². The Morgan fingerprint density at radius 1 is 1.32 bits per heavy atom. The van der Waals surface area contributed by atoms with Crippen LogP contribution in [0.2, 0.25) is 0 Å². The number of fused-ring (bicyclic) bond motifs is 1. The molecule has 11 heteroatoms. The first-order chi connectivity index (χ1) is 17.9. The molecule has 4 heterocycles. The zero-order valence-electron chi connectivity index (χ0n) is 21.4. The van der Waals surface area contributed by atoms with Crippen LogP contribution in [0.25, 0.3) is 11.0 Å². The summed E-state index contributed by atoms with van der Waals surface area (Å²) in [7, 11) is 1.59. The average molecular weight is 505 g/mol. The lowest BCUT2D eigenvalue weighted by molar-refractivity contribution is 0.102. The Morgan fingerprint density at radius 2 is 2.11 bits per heavy atom. The van der Waals surface area contributed by atoms with E-state index in [9.17, 15) is 14.9 Å². The van der Waals surface area contributed by atoms with Gasteiger partial charge in [-0.25, -0.2) is 9.97 Å². The van der Waals surface area contributed by atoms with E-state index in [0.717, 1.165) is 43.5 Å². The lowest BCUT2D eigenvalue weighted by atomic mass is 10.1. The van der Waals surface area contributed by atoms with Gasteiger partial charge in [-0.05, 0) is 25.5 Å². The molecule has 0 bridgehead atoms. The van der Waals surface area contributed by atoms with Gasteiger partial charge in [-0.15, -0.1) is 0 Å². The molecule has 0 spiro atoms. The highest BCUT2D eigenvalue weighted by Gasteiger charge is 2.22. The van der Waals surface area contributed by atoms with Gasteiger partial charge in [0, 0.05) is 70.9 Å². The second-order valence-corrected chi connectivity index (χ2v) is 9.19. The molecule has 1 saturated heterocycles. The number of aldehydes is 1. The maximum Gasteiger partial charge on any atom is 0.260 e. The zero-order chi connectivity index (χ0) is 26.4. The maximum atomic E-state index is 13.4. The molecule has 0 unspecified atom stereocenters. The largest absolute Gasteiger partial charge is 0.383 e. The first kappa shape index (κ1) is 26.2. The van der Waals surface area contributed by atoms with Crippen LogP contribution in [0.5, 0.6) is 0 Å². The summed E-state index contributed by atoms with van der Waals surface area (Å²) in [4.78, 5) is 36.5. The van der Waals surface area contributed by atoms with Crippen molar-refractivity contribution in [3.63, 3.8) is 0 Å². The van der Waals surface area contributed by atoms with Gasteiger partial charge in [-0.3, -0.25) is 14.5 Å². The molecule has 0 atom stereocenters. The first-order valence-electron chi connectivity index (χ1n) is 12.3. The number of nitrogens with zero attached hydrogens (tertiary/aromatic N) is 5. The van der Waals surface area contributed by atoms with Gasteiger partial charge in [0.1, 0.15) is 23.1 Å². The Hall–Kier alpha value is -3.85. The molecule has 11 nitrogen and oxygen atoms in total. The molecule has 194 valence electrons. The number of hydrogen-bond acceptors (Lipinski definition) is 9. The molecule has 3 aromatic heterocycles. The highest BCUT2D eigenvalue weighted by molar-refractivity contribution is 6.12. The summed E-state index contributed by atoms with van der Waals surface area (Å²) in [5.41, 5.74) is 3.70. The number of carbonyl (C=O) groups excluding carboxylic acids is 2. The fourth-order valence-corrected chi connectivity index (χ4v) is 4.38. The number of pyridine rings is 2. The van der Waals surface area contributed by atoms with Crippen LogP contribution >= 0.6 is 0 Å². The lowest BCUT2D eigenvalue weighted by Crippen LogP contribution is -2.43. The number of methoxy groups -OCH3 is 1. The van der Waals surface area contributed by atoms with E-state index < -0.39 is 5.91 Å². The molecule has 1 aliphatic rings. The quantitative estimate of drug-likeness (QED) is 0.281. The number of nitrogens with one attached hydrogen (secondary N) is 3. The lowest BCUT2D eigenvalue weighted by Gasteiger charge is -2.27. The number of nitriles is 1. The molecular formula is C26H32N8O3. The molecule has 3 aromatic rings. The van der Waals surface area contributed by atoms with E-state index in [0.29, 0.717) is 53.5 Å². The van der Waals surface area contributed by atoms with Gasteiger partial charge >= 0.3 is 0 Å². The van der Waals surface area contributed by atoms with Crippen molar-refractivity contribution in [1.82, 2.24) is 24.8 Å². The van der Waals surface area contributed by atoms with Crippen molar-refractivity contribution in [2.24, 2.45) is 0 Å². The number of aromatic nitrogens is 3. The summed E-state index contributed by atoms with van der Waals surface area (Å²) in [6, 6.07) is 5.75. The van der Waals surface area contributed by atoms with E-state index in [2.05, 4.69) is 36.9 Å². The first-order valence-corrected chi connectivity index (χ1v) is 12.3. The summed E-state index contributed by atoms with van der Waals surface area (Å²) in [6.45, 7) is 9.26. The Morgan fingerprint density at radius 3 is 2.78 bits per heavy atom.